The maximum absolute atomic E-state index is 13.1. The molecule has 0 bridgehead atoms. The molecule has 0 unspecified atom stereocenters. The lowest BCUT2D eigenvalue weighted by Crippen LogP contribution is -2.38. The predicted octanol–water partition coefficient (Wildman–Crippen LogP) is 3.36. The van der Waals surface area contributed by atoms with Crippen molar-refractivity contribution in [2.75, 3.05) is 53.1 Å². The highest BCUT2D eigenvalue weighted by molar-refractivity contribution is 7.92. The summed E-state index contributed by atoms with van der Waals surface area (Å²) < 4.78 is 31.7. The summed E-state index contributed by atoms with van der Waals surface area (Å²) in [6.07, 6.45) is 1.44. The van der Waals surface area contributed by atoms with Gasteiger partial charge >= 0.3 is 0 Å². The summed E-state index contributed by atoms with van der Waals surface area (Å²) in [6.45, 7) is 3.18. The normalized spacial score (nSPS) is 18.8. The molecule has 1 amide bonds. The fourth-order valence-corrected chi connectivity index (χ4v) is 5.60. The van der Waals surface area contributed by atoms with Gasteiger partial charge in [0.25, 0.3) is 5.91 Å². The van der Waals surface area contributed by atoms with Crippen LogP contribution in [0.1, 0.15) is 23.2 Å². The number of carbonyl (C=O) groups is 1. The number of para-hydroxylation sites is 2. The zero-order valence-corrected chi connectivity index (χ0v) is 18.1. The number of nitrogens with one attached hydrogen (secondary N) is 1. The lowest BCUT2D eigenvalue weighted by molar-refractivity contribution is 0.102. The molecule has 2 fully saturated rings. The smallest absolute Gasteiger partial charge is 0.257 e. The lowest BCUT2D eigenvalue weighted by Gasteiger charge is -2.30. The number of carbonyl (C=O) groups excluding carboxylic acids is 1. The number of halogens is 1. The quantitative estimate of drug-likeness (QED) is 0.774. The Labute approximate surface area is 181 Å². The Bertz CT molecular complexity index is 1040. The maximum atomic E-state index is 13.1. The fraction of sp³-hybridized carbons (Fsp3) is 0.381. The molecule has 4 rings (SSSR count). The topological polar surface area (TPSA) is 79.0 Å². The van der Waals surface area contributed by atoms with Crippen molar-refractivity contribution in [3.05, 3.63) is 53.1 Å². The van der Waals surface area contributed by atoms with Gasteiger partial charge in [0.1, 0.15) is 0 Å². The van der Waals surface area contributed by atoms with E-state index in [1.54, 1.807) is 18.2 Å². The van der Waals surface area contributed by atoms with Crippen LogP contribution in [0.5, 0.6) is 0 Å². The Morgan fingerprint density at radius 2 is 1.80 bits per heavy atom. The summed E-state index contributed by atoms with van der Waals surface area (Å²) in [5, 5.41) is 3.21. The number of morpholine rings is 1. The van der Waals surface area contributed by atoms with Gasteiger partial charge in [0.05, 0.1) is 46.6 Å². The molecular weight excluding hydrogens is 426 g/mol. The average Bonchev–Trinajstić information content (AvgIpc) is 2.75. The number of nitrogens with zero attached hydrogens (tertiary/aromatic N) is 2. The molecule has 2 heterocycles. The zero-order valence-electron chi connectivity index (χ0n) is 16.5. The highest BCUT2D eigenvalue weighted by Gasteiger charge is 2.27. The first-order valence-electron chi connectivity index (χ1n) is 9.99. The molecule has 2 saturated heterocycles. The lowest BCUT2D eigenvalue weighted by atomic mass is 10.1. The third kappa shape index (κ3) is 4.40. The van der Waals surface area contributed by atoms with E-state index in [0.29, 0.717) is 37.6 Å². The summed E-state index contributed by atoms with van der Waals surface area (Å²) >= 11 is 6.30. The summed E-state index contributed by atoms with van der Waals surface area (Å²) in [5.74, 6) is -0.263. The molecule has 1 N–H and O–H groups in total. The van der Waals surface area contributed by atoms with Crippen LogP contribution in [0, 0.1) is 0 Å². The van der Waals surface area contributed by atoms with Gasteiger partial charge in [-0.05, 0) is 43.2 Å². The summed E-state index contributed by atoms with van der Waals surface area (Å²) in [6, 6.07) is 12.4. The number of ether oxygens (including phenoxy) is 1. The van der Waals surface area contributed by atoms with Crippen LogP contribution in [-0.2, 0) is 14.8 Å². The molecule has 0 aromatic heterocycles. The van der Waals surface area contributed by atoms with E-state index in [0.717, 1.165) is 25.2 Å². The van der Waals surface area contributed by atoms with E-state index in [-0.39, 0.29) is 22.2 Å². The molecule has 30 heavy (non-hydrogen) atoms. The first-order chi connectivity index (χ1) is 14.5. The third-order valence-corrected chi connectivity index (χ3v) is 7.53. The summed E-state index contributed by atoms with van der Waals surface area (Å²) in [5.41, 5.74) is 2.30. The first-order valence-corrected chi connectivity index (χ1v) is 12.0. The van der Waals surface area contributed by atoms with E-state index in [4.69, 9.17) is 16.3 Å². The maximum Gasteiger partial charge on any atom is 0.257 e. The van der Waals surface area contributed by atoms with Crippen molar-refractivity contribution in [3.8, 4) is 0 Å². The number of rotatable bonds is 4. The van der Waals surface area contributed by atoms with Gasteiger partial charge in [0.2, 0.25) is 10.0 Å². The van der Waals surface area contributed by atoms with Crippen LogP contribution in [0.3, 0.4) is 0 Å². The third-order valence-electron chi connectivity index (χ3n) is 5.34. The Kier molecular flexibility index (Phi) is 6.17. The Hall–Kier alpha value is -2.29. The number of anilines is 3. The number of amides is 1. The van der Waals surface area contributed by atoms with Crippen LogP contribution in [0.4, 0.5) is 17.1 Å². The molecule has 160 valence electrons. The van der Waals surface area contributed by atoms with Crippen LogP contribution in [0.25, 0.3) is 0 Å². The van der Waals surface area contributed by atoms with Gasteiger partial charge in [-0.15, -0.1) is 0 Å². The summed E-state index contributed by atoms with van der Waals surface area (Å²) in [4.78, 5) is 15.2. The van der Waals surface area contributed by atoms with Crippen molar-refractivity contribution in [2.24, 2.45) is 0 Å². The van der Waals surface area contributed by atoms with Crippen LogP contribution in [0.2, 0.25) is 5.02 Å². The van der Waals surface area contributed by atoms with Gasteiger partial charge < -0.3 is 15.0 Å². The van der Waals surface area contributed by atoms with E-state index in [2.05, 4.69) is 10.2 Å². The largest absolute Gasteiger partial charge is 0.378 e. The van der Waals surface area contributed by atoms with E-state index in [9.17, 15) is 13.2 Å². The molecule has 7 nitrogen and oxygen atoms in total. The van der Waals surface area contributed by atoms with Crippen molar-refractivity contribution in [1.82, 2.24) is 0 Å². The van der Waals surface area contributed by atoms with Crippen LogP contribution >= 0.6 is 11.6 Å². The monoisotopic (exact) mass is 449 g/mol. The van der Waals surface area contributed by atoms with Crippen molar-refractivity contribution >= 4 is 44.6 Å². The van der Waals surface area contributed by atoms with Gasteiger partial charge in [-0.2, -0.15) is 0 Å². The average molecular weight is 450 g/mol. The highest BCUT2D eigenvalue weighted by atomic mass is 35.5. The van der Waals surface area contributed by atoms with Crippen molar-refractivity contribution in [2.45, 2.75) is 12.8 Å². The Morgan fingerprint density at radius 3 is 2.57 bits per heavy atom. The number of hydrogen-bond acceptors (Lipinski definition) is 5. The second kappa shape index (κ2) is 8.83. The van der Waals surface area contributed by atoms with E-state index in [1.165, 1.54) is 4.31 Å². The van der Waals surface area contributed by atoms with E-state index >= 15 is 0 Å². The van der Waals surface area contributed by atoms with Gasteiger partial charge in [0, 0.05) is 19.6 Å². The molecule has 2 aromatic carbocycles. The first kappa shape index (κ1) is 21.0. The molecule has 0 atom stereocenters. The van der Waals surface area contributed by atoms with Crippen molar-refractivity contribution in [1.29, 1.82) is 0 Å². The van der Waals surface area contributed by atoms with Crippen molar-refractivity contribution < 1.29 is 17.9 Å². The molecule has 2 aliphatic rings. The fourth-order valence-electron chi connectivity index (χ4n) is 3.77. The number of benzene rings is 2. The predicted molar refractivity (Wildman–Crippen MR) is 119 cm³/mol. The molecule has 0 radical (unpaired) electrons. The van der Waals surface area contributed by atoms with Gasteiger partial charge in [-0.1, -0.05) is 23.7 Å². The van der Waals surface area contributed by atoms with E-state index < -0.39 is 10.0 Å². The molecule has 2 aromatic rings. The van der Waals surface area contributed by atoms with Crippen LogP contribution in [-0.4, -0.2) is 52.9 Å². The molecule has 9 heteroatoms. The minimum absolute atomic E-state index is 0.115. The molecule has 2 aliphatic heterocycles. The van der Waals surface area contributed by atoms with Crippen molar-refractivity contribution in [3.63, 3.8) is 0 Å². The molecular formula is C21H24ClN3O4S. The van der Waals surface area contributed by atoms with Gasteiger partial charge in [-0.25, -0.2) is 8.42 Å². The van der Waals surface area contributed by atoms with Crippen LogP contribution in [0.15, 0.2) is 42.5 Å². The summed E-state index contributed by atoms with van der Waals surface area (Å²) in [7, 11) is -3.37. The van der Waals surface area contributed by atoms with Gasteiger partial charge in [-0.3, -0.25) is 9.10 Å². The SMILES string of the molecule is O=C(Nc1ccccc1N1CCOCC1)c1cc(N2CCCCS2(=O)=O)ccc1Cl. The Morgan fingerprint density at radius 1 is 1.03 bits per heavy atom. The van der Waals surface area contributed by atoms with E-state index in [1.807, 2.05) is 24.3 Å². The second-order valence-corrected chi connectivity index (χ2v) is 9.75. The molecule has 0 spiro atoms. The number of hydrogen-bond donors (Lipinski definition) is 1. The van der Waals surface area contributed by atoms with Crippen LogP contribution < -0.4 is 14.5 Å². The standard InChI is InChI=1S/C21H24ClN3O4S/c22-18-8-7-16(25-9-3-4-14-30(25,27)28)15-17(18)21(26)23-19-5-1-2-6-20(19)24-10-12-29-13-11-24/h1-2,5-8,15H,3-4,9-14H2,(H,23,26). The zero-order chi connectivity index (χ0) is 21.1. The second-order valence-electron chi connectivity index (χ2n) is 7.33. The highest BCUT2D eigenvalue weighted by Crippen LogP contribution is 2.30. The molecule has 0 saturated carbocycles. The minimum Gasteiger partial charge on any atom is -0.378 e. The van der Waals surface area contributed by atoms with Gasteiger partial charge in [0.15, 0.2) is 0 Å². The number of sulfonamides is 1. The molecule has 0 aliphatic carbocycles. The Balaban J connectivity index is 1.60. The minimum atomic E-state index is -3.37.